The van der Waals surface area contributed by atoms with Gasteiger partial charge in [0.2, 0.25) is 0 Å². The third-order valence-corrected chi connectivity index (χ3v) is 4.19. The molecule has 0 fully saturated rings. The molecule has 126 valence electrons. The van der Waals surface area contributed by atoms with Gasteiger partial charge in [-0.15, -0.1) is 0 Å². The first-order chi connectivity index (χ1) is 12.1. The Morgan fingerprint density at radius 2 is 1.52 bits per heavy atom. The van der Waals surface area contributed by atoms with Gasteiger partial charge in [-0.2, -0.15) is 0 Å². The summed E-state index contributed by atoms with van der Waals surface area (Å²) < 4.78 is 4.65. The van der Waals surface area contributed by atoms with Crippen molar-refractivity contribution in [1.82, 2.24) is 5.32 Å². The van der Waals surface area contributed by atoms with E-state index in [9.17, 15) is 9.59 Å². The van der Waals surface area contributed by atoms with Crippen molar-refractivity contribution in [3.63, 3.8) is 0 Å². The summed E-state index contributed by atoms with van der Waals surface area (Å²) >= 11 is 0. The Morgan fingerprint density at radius 1 is 0.880 bits per heavy atom. The number of rotatable bonds is 4. The molecule has 1 atom stereocenters. The number of benzene rings is 3. The Balaban J connectivity index is 1.73. The van der Waals surface area contributed by atoms with Crippen LogP contribution in [0.5, 0.6) is 0 Å². The highest BCUT2D eigenvalue weighted by molar-refractivity contribution is 5.96. The predicted octanol–water partition coefficient (Wildman–Crippen LogP) is 4.12. The minimum atomic E-state index is -0.420. The summed E-state index contributed by atoms with van der Waals surface area (Å²) in [5, 5.41) is 5.30. The number of carbonyl (C=O) groups excluding carboxylic acids is 2. The molecule has 3 aromatic rings. The summed E-state index contributed by atoms with van der Waals surface area (Å²) in [5.41, 5.74) is 1.96. The van der Waals surface area contributed by atoms with Crippen molar-refractivity contribution in [2.75, 3.05) is 7.11 Å². The van der Waals surface area contributed by atoms with Gasteiger partial charge in [0, 0.05) is 5.56 Å². The van der Waals surface area contributed by atoms with Crippen molar-refractivity contribution in [2.45, 2.75) is 13.0 Å². The van der Waals surface area contributed by atoms with Gasteiger partial charge in [-0.05, 0) is 53.6 Å². The van der Waals surface area contributed by atoms with Gasteiger partial charge in [0.1, 0.15) is 0 Å². The molecule has 0 spiro atoms. The Hall–Kier alpha value is -3.14. The summed E-state index contributed by atoms with van der Waals surface area (Å²) in [6, 6.07) is 20.6. The molecule has 0 radical (unpaired) electrons. The van der Waals surface area contributed by atoms with Crippen LogP contribution >= 0.6 is 0 Å². The van der Waals surface area contributed by atoms with E-state index in [1.165, 1.54) is 12.5 Å². The zero-order valence-electron chi connectivity index (χ0n) is 14.2. The predicted molar refractivity (Wildman–Crippen MR) is 97.6 cm³/mol. The normalized spacial score (nSPS) is 11.8. The topological polar surface area (TPSA) is 55.4 Å². The zero-order chi connectivity index (χ0) is 17.8. The molecule has 1 unspecified atom stereocenters. The van der Waals surface area contributed by atoms with Gasteiger partial charge < -0.3 is 10.1 Å². The van der Waals surface area contributed by atoms with Crippen molar-refractivity contribution in [1.29, 1.82) is 0 Å². The van der Waals surface area contributed by atoms with E-state index in [4.69, 9.17) is 0 Å². The van der Waals surface area contributed by atoms with Crippen LogP contribution in [0, 0.1) is 0 Å². The van der Waals surface area contributed by atoms with E-state index in [0.717, 1.165) is 10.9 Å². The lowest BCUT2D eigenvalue weighted by Gasteiger charge is -2.15. The second kappa shape index (κ2) is 7.18. The van der Waals surface area contributed by atoms with Crippen LogP contribution in [0.2, 0.25) is 0 Å². The lowest BCUT2D eigenvalue weighted by Crippen LogP contribution is -2.26. The lowest BCUT2D eigenvalue weighted by molar-refractivity contribution is 0.0600. The second-order valence-electron chi connectivity index (χ2n) is 5.87. The first-order valence-corrected chi connectivity index (χ1v) is 8.06. The number of carbonyl (C=O) groups is 2. The maximum atomic E-state index is 12.4. The Labute approximate surface area is 146 Å². The molecule has 0 saturated heterocycles. The number of esters is 1. The van der Waals surface area contributed by atoms with E-state index >= 15 is 0 Å². The van der Waals surface area contributed by atoms with E-state index in [2.05, 4.69) is 34.3 Å². The van der Waals surface area contributed by atoms with Gasteiger partial charge in [0.25, 0.3) is 5.91 Å². The highest BCUT2D eigenvalue weighted by atomic mass is 16.5. The number of nitrogens with one attached hydrogen (secondary N) is 1. The van der Waals surface area contributed by atoms with Gasteiger partial charge in [0.15, 0.2) is 0 Å². The largest absolute Gasteiger partial charge is 0.465 e. The third kappa shape index (κ3) is 3.69. The fourth-order valence-electron chi connectivity index (χ4n) is 2.72. The van der Waals surface area contributed by atoms with Crippen LogP contribution in [0.4, 0.5) is 0 Å². The molecule has 0 aromatic heterocycles. The van der Waals surface area contributed by atoms with Gasteiger partial charge in [-0.1, -0.05) is 36.4 Å². The quantitative estimate of drug-likeness (QED) is 0.731. The van der Waals surface area contributed by atoms with Crippen molar-refractivity contribution in [2.24, 2.45) is 0 Å². The second-order valence-corrected chi connectivity index (χ2v) is 5.87. The first kappa shape index (κ1) is 16.7. The molecule has 0 heterocycles. The van der Waals surface area contributed by atoms with Crippen LogP contribution in [0.25, 0.3) is 10.8 Å². The fraction of sp³-hybridized carbons (Fsp3) is 0.143. The summed E-state index contributed by atoms with van der Waals surface area (Å²) in [6.45, 7) is 1.95. The van der Waals surface area contributed by atoms with Crippen LogP contribution < -0.4 is 5.32 Å². The number of methoxy groups -OCH3 is 1. The molecular weight excluding hydrogens is 314 g/mol. The molecule has 1 amide bonds. The molecule has 0 aliphatic rings. The Bertz CT molecular complexity index is 916. The number of fused-ring (bicyclic) bond motifs is 1. The van der Waals surface area contributed by atoms with Crippen molar-refractivity contribution < 1.29 is 14.3 Å². The van der Waals surface area contributed by atoms with Crippen molar-refractivity contribution in [3.05, 3.63) is 83.4 Å². The average molecular weight is 333 g/mol. The molecule has 3 rings (SSSR count). The lowest BCUT2D eigenvalue weighted by atomic mass is 10.0. The highest BCUT2D eigenvalue weighted by Crippen LogP contribution is 2.20. The Kier molecular flexibility index (Phi) is 4.80. The summed E-state index contributed by atoms with van der Waals surface area (Å²) in [5.74, 6) is -0.603. The molecule has 1 N–H and O–H groups in total. The highest BCUT2D eigenvalue weighted by Gasteiger charge is 2.13. The molecule has 4 nitrogen and oxygen atoms in total. The van der Waals surface area contributed by atoms with Gasteiger partial charge in [-0.25, -0.2) is 4.79 Å². The van der Waals surface area contributed by atoms with Crippen LogP contribution in [-0.4, -0.2) is 19.0 Å². The van der Waals surface area contributed by atoms with Gasteiger partial charge in [0.05, 0.1) is 18.7 Å². The number of hydrogen-bond acceptors (Lipinski definition) is 3. The molecule has 0 bridgehead atoms. The minimum absolute atomic E-state index is 0.127. The van der Waals surface area contributed by atoms with E-state index < -0.39 is 5.97 Å². The molecule has 3 aromatic carbocycles. The Morgan fingerprint density at radius 3 is 2.20 bits per heavy atom. The fourth-order valence-corrected chi connectivity index (χ4v) is 2.72. The summed E-state index contributed by atoms with van der Waals surface area (Å²) in [6.07, 6.45) is 0. The van der Waals surface area contributed by atoms with Gasteiger partial charge in [-0.3, -0.25) is 4.79 Å². The minimum Gasteiger partial charge on any atom is -0.465 e. The van der Waals surface area contributed by atoms with Crippen LogP contribution in [0.15, 0.2) is 66.7 Å². The number of amides is 1. The molecule has 25 heavy (non-hydrogen) atoms. The van der Waals surface area contributed by atoms with Crippen molar-refractivity contribution in [3.8, 4) is 0 Å². The summed E-state index contributed by atoms with van der Waals surface area (Å²) in [7, 11) is 1.33. The summed E-state index contributed by atoms with van der Waals surface area (Å²) in [4.78, 5) is 23.9. The van der Waals surface area contributed by atoms with E-state index in [1.54, 1.807) is 24.3 Å². The SMILES string of the molecule is COC(=O)c1ccc(C(=O)NC(C)c2ccc3ccccc3c2)cc1. The number of hydrogen-bond donors (Lipinski definition) is 1. The molecule has 0 saturated carbocycles. The van der Waals surface area contributed by atoms with Crippen molar-refractivity contribution >= 4 is 22.6 Å². The van der Waals surface area contributed by atoms with E-state index in [-0.39, 0.29) is 11.9 Å². The maximum Gasteiger partial charge on any atom is 0.337 e. The third-order valence-electron chi connectivity index (χ3n) is 4.19. The monoisotopic (exact) mass is 333 g/mol. The van der Waals surface area contributed by atoms with E-state index in [1.807, 2.05) is 25.1 Å². The zero-order valence-corrected chi connectivity index (χ0v) is 14.2. The van der Waals surface area contributed by atoms with Crippen LogP contribution in [-0.2, 0) is 4.74 Å². The smallest absolute Gasteiger partial charge is 0.337 e. The molecule has 4 heteroatoms. The van der Waals surface area contributed by atoms with Crippen LogP contribution in [0.3, 0.4) is 0 Å². The molecule has 0 aliphatic heterocycles. The first-order valence-electron chi connectivity index (χ1n) is 8.06. The average Bonchev–Trinajstić information content (AvgIpc) is 2.67. The number of ether oxygens (including phenoxy) is 1. The molecular formula is C21H19NO3. The standard InChI is InChI=1S/C21H19NO3/c1-14(18-12-7-15-5-3-4-6-19(15)13-18)22-20(23)16-8-10-17(11-9-16)21(24)25-2/h3-14H,1-2H3,(H,22,23). The van der Waals surface area contributed by atoms with E-state index in [0.29, 0.717) is 11.1 Å². The van der Waals surface area contributed by atoms with Crippen LogP contribution in [0.1, 0.15) is 39.2 Å². The maximum absolute atomic E-state index is 12.4. The molecule has 0 aliphatic carbocycles. The van der Waals surface area contributed by atoms with Gasteiger partial charge >= 0.3 is 5.97 Å².